The first-order valence-electron chi connectivity index (χ1n) is 15.0. The van der Waals surface area contributed by atoms with Crippen LogP contribution in [0.25, 0.3) is 10.8 Å². The van der Waals surface area contributed by atoms with Crippen LogP contribution < -0.4 is 10.6 Å². The van der Waals surface area contributed by atoms with E-state index in [0.29, 0.717) is 17.8 Å². The topological polar surface area (TPSA) is 78.4 Å². The third-order valence-corrected chi connectivity index (χ3v) is 7.31. The second-order valence-corrected chi connectivity index (χ2v) is 10.6. The maximum Gasteiger partial charge on any atom is 0.259 e. The van der Waals surface area contributed by atoms with Crippen LogP contribution in [-0.2, 0) is 0 Å². The number of nitrogens with one attached hydrogen (secondary N) is 2. The Morgan fingerprint density at radius 2 is 1.23 bits per heavy atom. The molecule has 0 aliphatic heterocycles. The molecule has 3 aromatic rings. The predicted octanol–water partition coefficient (Wildman–Crippen LogP) is 9.01. The van der Waals surface area contributed by atoms with Gasteiger partial charge in [-0.15, -0.1) is 0 Å². The number of aromatic hydroxyl groups is 1. The summed E-state index contributed by atoms with van der Waals surface area (Å²) in [6.45, 7) is 2.93. The largest absolute Gasteiger partial charge is 0.507 e. The van der Waals surface area contributed by atoms with Gasteiger partial charge in [-0.1, -0.05) is 115 Å². The van der Waals surface area contributed by atoms with E-state index in [1.165, 1.54) is 77.0 Å². The van der Waals surface area contributed by atoms with Gasteiger partial charge in [-0.3, -0.25) is 9.59 Å². The molecule has 0 unspecified atom stereocenters. The fraction of sp³-hybridized carbons (Fsp3) is 0.471. The summed E-state index contributed by atoms with van der Waals surface area (Å²) in [4.78, 5) is 25.4. The Bertz CT molecular complexity index is 1160. The Labute approximate surface area is 234 Å². The SMILES string of the molecule is CCCCCCCCCCCCCCCCNC(=O)c1ccc2cc(O)c(C(=O)Nc3ccccc3)cc2c1. The lowest BCUT2D eigenvalue weighted by molar-refractivity contribution is 0.0952. The summed E-state index contributed by atoms with van der Waals surface area (Å²) in [7, 11) is 0. The molecule has 0 radical (unpaired) electrons. The summed E-state index contributed by atoms with van der Waals surface area (Å²) in [5, 5.41) is 17.7. The molecule has 0 aliphatic carbocycles. The monoisotopic (exact) mass is 530 g/mol. The Kier molecular flexibility index (Phi) is 13.4. The highest BCUT2D eigenvalue weighted by Gasteiger charge is 2.14. The van der Waals surface area contributed by atoms with Gasteiger partial charge in [0.1, 0.15) is 5.75 Å². The summed E-state index contributed by atoms with van der Waals surface area (Å²) >= 11 is 0. The Hall–Kier alpha value is -3.34. The number of fused-ring (bicyclic) bond motifs is 1. The van der Waals surface area contributed by atoms with Gasteiger partial charge >= 0.3 is 0 Å². The zero-order valence-corrected chi connectivity index (χ0v) is 23.6. The number of hydrogen-bond donors (Lipinski definition) is 3. The second-order valence-electron chi connectivity index (χ2n) is 10.6. The molecule has 3 N–H and O–H groups in total. The molecule has 0 spiro atoms. The number of hydrogen-bond acceptors (Lipinski definition) is 3. The van der Waals surface area contributed by atoms with Crippen molar-refractivity contribution < 1.29 is 14.7 Å². The van der Waals surface area contributed by atoms with Gasteiger partial charge in [0, 0.05) is 17.8 Å². The number of carbonyl (C=O) groups is 2. The zero-order valence-electron chi connectivity index (χ0n) is 23.6. The third-order valence-electron chi connectivity index (χ3n) is 7.31. The van der Waals surface area contributed by atoms with Crippen molar-refractivity contribution in [2.24, 2.45) is 0 Å². The van der Waals surface area contributed by atoms with Gasteiger partial charge in [-0.05, 0) is 53.6 Å². The van der Waals surface area contributed by atoms with Crippen LogP contribution in [0.2, 0.25) is 0 Å². The van der Waals surface area contributed by atoms with Crippen LogP contribution >= 0.6 is 0 Å². The number of unbranched alkanes of at least 4 members (excludes halogenated alkanes) is 13. The smallest absolute Gasteiger partial charge is 0.259 e. The number of amides is 2. The van der Waals surface area contributed by atoms with Crippen molar-refractivity contribution in [1.29, 1.82) is 0 Å². The molecule has 0 aromatic heterocycles. The highest BCUT2D eigenvalue weighted by Crippen LogP contribution is 2.27. The van der Waals surface area contributed by atoms with Crippen molar-refractivity contribution in [3.05, 3.63) is 71.8 Å². The molecule has 2 amide bonds. The molecule has 5 nitrogen and oxygen atoms in total. The molecule has 210 valence electrons. The molecular formula is C34H46N2O3. The van der Waals surface area contributed by atoms with E-state index in [1.807, 2.05) is 18.2 Å². The fourth-order valence-corrected chi connectivity index (χ4v) is 4.95. The maximum absolute atomic E-state index is 12.7. The van der Waals surface area contributed by atoms with E-state index in [0.717, 1.165) is 23.6 Å². The summed E-state index contributed by atoms with van der Waals surface area (Å²) in [6.07, 6.45) is 18.4. The number of benzene rings is 3. The molecule has 3 aromatic carbocycles. The Morgan fingerprint density at radius 1 is 0.641 bits per heavy atom. The summed E-state index contributed by atoms with van der Waals surface area (Å²) in [5.41, 5.74) is 1.37. The molecule has 0 heterocycles. The molecule has 3 rings (SSSR count). The summed E-state index contributed by atoms with van der Waals surface area (Å²) in [5.74, 6) is -0.603. The minimum atomic E-state index is -0.395. The predicted molar refractivity (Wildman–Crippen MR) is 163 cm³/mol. The second kappa shape index (κ2) is 17.3. The minimum absolute atomic E-state index is 0.0917. The average molecular weight is 531 g/mol. The van der Waals surface area contributed by atoms with Crippen molar-refractivity contribution in [2.75, 3.05) is 11.9 Å². The van der Waals surface area contributed by atoms with E-state index >= 15 is 0 Å². The molecule has 0 aliphatic rings. The highest BCUT2D eigenvalue weighted by molar-refractivity contribution is 6.09. The van der Waals surface area contributed by atoms with E-state index in [1.54, 1.807) is 42.5 Å². The van der Waals surface area contributed by atoms with Crippen molar-refractivity contribution in [3.63, 3.8) is 0 Å². The van der Waals surface area contributed by atoms with E-state index in [9.17, 15) is 14.7 Å². The number of anilines is 1. The van der Waals surface area contributed by atoms with Crippen molar-refractivity contribution in [1.82, 2.24) is 5.32 Å². The van der Waals surface area contributed by atoms with Gasteiger partial charge in [-0.2, -0.15) is 0 Å². The van der Waals surface area contributed by atoms with E-state index in [-0.39, 0.29) is 17.2 Å². The van der Waals surface area contributed by atoms with Gasteiger partial charge in [0.15, 0.2) is 0 Å². The van der Waals surface area contributed by atoms with Gasteiger partial charge in [0.2, 0.25) is 0 Å². The van der Waals surface area contributed by atoms with Crippen LogP contribution in [0.1, 0.15) is 118 Å². The number of carbonyl (C=O) groups excluding carboxylic acids is 2. The zero-order chi connectivity index (χ0) is 27.7. The molecular weight excluding hydrogens is 484 g/mol. The lowest BCUT2D eigenvalue weighted by Gasteiger charge is -2.10. The van der Waals surface area contributed by atoms with Gasteiger partial charge in [-0.25, -0.2) is 0 Å². The van der Waals surface area contributed by atoms with Crippen LogP contribution in [0.5, 0.6) is 5.75 Å². The molecule has 0 fully saturated rings. The number of rotatable bonds is 18. The summed E-state index contributed by atoms with van der Waals surface area (Å²) < 4.78 is 0. The Balaban J connectivity index is 1.34. The summed E-state index contributed by atoms with van der Waals surface area (Å²) in [6, 6.07) is 17.6. The lowest BCUT2D eigenvalue weighted by Crippen LogP contribution is -2.24. The van der Waals surface area contributed by atoms with Gasteiger partial charge < -0.3 is 15.7 Å². The molecule has 0 saturated heterocycles. The van der Waals surface area contributed by atoms with E-state index < -0.39 is 5.91 Å². The van der Waals surface area contributed by atoms with Crippen LogP contribution in [0.4, 0.5) is 5.69 Å². The first kappa shape index (κ1) is 30.2. The maximum atomic E-state index is 12.7. The Morgan fingerprint density at radius 3 is 1.85 bits per heavy atom. The highest BCUT2D eigenvalue weighted by atomic mass is 16.3. The quantitative estimate of drug-likeness (QED) is 0.144. The number of phenols is 1. The first-order chi connectivity index (χ1) is 19.1. The standard InChI is InChI=1S/C34H46N2O3/c1-2-3-4-5-6-7-8-9-10-11-12-13-14-18-23-35-33(38)28-22-21-27-26-32(37)31(25-29(27)24-28)34(39)36-30-19-16-15-17-20-30/h15-17,19-22,24-26,37H,2-14,18,23H2,1H3,(H,35,38)(H,36,39). The lowest BCUT2D eigenvalue weighted by atomic mass is 10.0. The van der Waals surface area contributed by atoms with Crippen LogP contribution in [0, 0.1) is 0 Å². The third kappa shape index (κ3) is 10.7. The molecule has 0 bridgehead atoms. The number of para-hydroxylation sites is 1. The van der Waals surface area contributed by atoms with Crippen molar-refractivity contribution in [2.45, 2.75) is 96.8 Å². The van der Waals surface area contributed by atoms with Gasteiger partial charge in [0.05, 0.1) is 5.56 Å². The van der Waals surface area contributed by atoms with Crippen LogP contribution in [0.15, 0.2) is 60.7 Å². The normalized spacial score (nSPS) is 11.0. The fourth-order valence-electron chi connectivity index (χ4n) is 4.95. The number of phenolic OH excluding ortho intramolecular Hbond substituents is 1. The molecule has 0 atom stereocenters. The van der Waals surface area contributed by atoms with Crippen molar-refractivity contribution >= 4 is 28.3 Å². The molecule has 5 heteroatoms. The average Bonchev–Trinajstić information content (AvgIpc) is 2.95. The van der Waals surface area contributed by atoms with E-state index in [4.69, 9.17) is 0 Å². The van der Waals surface area contributed by atoms with Crippen LogP contribution in [0.3, 0.4) is 0 Å². The van der Waals surface area contributed by atoms with Gasteiger partial charge in [0.25, 0.3) is 11.8 Å². The minimum Gasteiger partial charge on any atom is -0.507 e. The van der Waals surface area contributed by atoms with Crippen molar-refractivity contribution in [3.8, 4) is 5.75 Å². The molecule has 39 heavy (non-hydrogen) atoms. The van der Waals surface area contributed by atoms with E-state index in [2.05, 4.69) is 17.6 Å². The van der Waals surface area contributed by atoms with Crippen LogP contribution in [-0.4, -0.2) is 23.5 Å². The first-order valence-corrected chi connectivity index (χ1v) is 15.0. The molecule has 0 saturated carbocycles.